The number of hydrogen-bond donors (Lipinski definition) is 0. The van der Waals surface area contributed by atoms with Gasteiger partial charge in [0.15, 0.2) is 6.10 Å². The zero-order valence-corrected chi connectivity index (χ0v) is 34.0. The summed E-state index contributed by atoms with van der Waals surface area (Å²) in [4.78, 5) is 37.5. The highest BCUT2D eigenvalue weighted by Crippen LogP contribution is 2.12. The van der Waals surface area contributed by atoms with Crippen LogP contribution in [-0.4, -0.2) is 37.2 Å². The quantitative estimate of drug-likeness (QED) is 0.0276. The standard InChI is InChI=1S/C47H76O6/c1-4-7-10-13-16-19-21-22-23-24-25-26-29-31-34-37-40-46(49)52-43-44(42-51-45(48)39-36-33-30-27-18-15-12-9-6-3)53-47(50)41-38-35-32-28-20-17-14-11-8-5-2/h7,9-10,12,14,16-19,22-23,27,33,36,44H,4-6,8,11,13,15,20-21,24-26,28-32,34-35,37-43H2,1-3H3/b10-7-,12-9-,17-14-,19-16-,23-22-,27-18-,36-33-. The molecule has 1 unspecified atom stereocenters. The lowest BCUT2D eigenvalue weighted by atomic mass is 10.1. The SMILES string of the molecule is CC/C=C\C/C=C\C/C=C\CCCCCCCCC(=O)OCC(COC(=O)C/C=C\C/C=C\C/C=C\CC)OC(=O)CCCCCC/C=C\CCCC. The summed E-state index contributed by atoms with van der Waals surface area (Å²) in [6.45, 7) is 6.21. The van der Waals surface area contributed by atoms with Crippen LogP contribution in [0.2, 0.25) is 0 Å². The van der Waals surface area contributed by atoms with E-state index in [2.05, 4.69) is 93.7 Å². The van der Waals surface area contributed by atoms with Gasteiger partial charge in [-0.25, -0.2) is 0 Å². The van der Waals surface area contributed by atoms with Gasteiger partial charge in [-0.3, -0.25) is 14.4 Å². The fourth-order valence-corrected chi connectivity index (χ4v) is 5.26. The molecule has 0 aromatic heterocycles. The van der Waals surface area contributed by atoms with Crippen LogP contribution in [0.4, 0.5) is 0 Å². The van der Waals surface area contributed by atoms with Gasteiger partial charge in [-0.05, 0) is 83.5 Å². The summed E-state index contributed by atoms with van der Waals surface area (Å²) >= 11 is 0. The Hall–Kier alpha value is -3.41. The first kappa shape index (κ1) is 49.6. The first-order valence-electron chi connectivity index (χ1n) is 21.1. The maximum Gasteiger partial charge on any atom is 0.309 e. The van der Waals surface area contributed by atoms with E-state index in [-0.39, 0.29) is 31.6 Å². The van der Waals surface area contributed by atoms with Gasteiger partial charge in [-0.15, -0.1) is 0 Å². The zero-order chi connectivity index (χ0) is 38.7. The summed E-state index contributed by atoms with van der Waals surface area (Å²) in [7, 11) is 0. The molecular weight excluding hydrogens is 661 g/mol. The number of hydrogen-bond acceptors (Lipinski definition) is 6. The summed E-state index contributed by atoms with van der Waals surface area (Å²) < 4.78 is 16.5. The van der Waals surface area contributed by atoms with Gasteiger partial charge >= 0.3 is 17.9 Å². The van der Waals surface area contributed by atoms with E-state index in [0.717, 1.165) is 109 Å². The molecule has 1 atom stereocenters. The molecule has 300 valence electrons. The van der Waals surface area contributed by atoms with Gasteiger partial charge < -0.3 is 14.2 Å². The first-order chi connectivity index (χ1) is 26.0. The van der Waals surface area contributed by atoms with Crippen LogP contribution in [0.5, 0.6) is 0 Å². The second-order valence-electron chi connectivity index (χ2n) is 13.5. The highest BCUT2D eigenvalue weighted by Gasteiger charge is 2.19. The number of esters is 3. The second kappa shape index (κ2) is 41.3. The van der Waals surface area contributed by atoms with Crippen molar-refractivity contribution >= 4 is 17.9 Å². The number of carbonyl (C=O) groups is 3. The molecule has 0 aliphatic rings. The van der Waals surface area contributed by atoms with Crippen molar-refractivity contribution in [3.8, 4) is 0 Å². The van der Waals surface area contributed by atoms with E-state index in [0.29, 0.717) is 12.8 Å². The van der Waals surface area contributed by atoms with Crippen LogP contribution in [0.1, 0.15) is 175 Å². The number of carbonyl (C=O) groups excluding carboxylic acids is 3. The third-order valence-electron chi connectivity index (χ3n) is 8.40. The number of ether oxygens (including phenoxy) is 3. The van der Waals surface area contributed by atoms with Crippen LogP contribution in [0, 0.1) is 0 Å². The molecule has 0 saturated carbocycles. The van der Waals surface area contributed by atoms with E-state index in [4.69, 9.17) is 14.2 Å². The van der Waals surface area contributed by atoms with Gasteiger partial charge in [0.2, 0.25) is 0 Å². The van der Waals surface area contributed by atoms with Crippen LogP contribution >= 0.6 is 0 Å². The molecule has 0 fully saturated rings. The molecule has 0 N–H and O–H groups in total. The van der Waals surface area contributed by atoms with Crippen LogP contribution < -0.4 is 0 Å². The molecule has 6 heteroatoms. The first-order valence-corrected chi connectivity index (χ1v) is 21.1. The molecule has 0 amide bonds. The summed E-state index contributed by atoms with van der Waals surface area (Å²) in [5.41, 5.74) is 0. The summed E-state index contributed by atoms with van der Waals surface area (Å²) in [5, 5.41) is 0. The second-order valence-corrected chi connectivity index (χ2v) is 13.5. The molecule has 0 saturated heterocycles. The average molecular weight is 737 g/mol. The Kier molecular flexibility index (Phi) is 38.7. The maximum atomic E-state index is 12.6. The van der Waals surface area contributed by atoms with E-state index in [1.165, 1.54) is 25.7 Å². The van der Waals surface area contributed by atoms with Crippen molar-refractivity contribution in [1.82, 2.24) is 0 Å². The van der Waals surface area contributed by atoms with Crippen molar-refractivity contribution in [3.63, 3.8) is 0 Å². The molecule has 0 spiro atoms. The minimum Gasteiger partial charge on any atom is -0.462 e. The predicted molar refractivity (Wildman–Crippen MR) is 224 cm³/mol. The van der Waals surface area contributed by atoms with Crippen LogP contribution in [0.15, 0.2) is 85.1 Å². The van der Waals surface area contributed by atoms with Crippen LogP contribution in [0.3, 0.4) is 0 Å². The van der Waals surface area contributed by atoms with Crippen molar-refractivity contribution in [2.45, 2.75) is 181 Å². The zero-order valence-electron chi connectivity index (χ0n) is 34.0. The van der Waals surface area contributed by atoms with Gasteiger partial charge in [0, 0.05) is 12.8 Å². The number of allylic oxidation sites excluding steroid dienone is 13. The third kappa shape index (κ3) is 39.6. The Balaban J connectivity index is 4.45. The van der Waals surface area contributed by atoms with Crippen molar-refractivity contribution in [1.29, 1.82) is 0 Å². The van der Waals surface area contributed by atoms with E-state index < -0.39 is 12.1 Å². The lowest BCUT2D eigenvalue weighted by molar-refractivity contribution is -0.166. The van der Waals surface area contributed by atoms with E-state index in [9.17, 15) is 14.4 Å². The molecule has 0 rings (SSSR count). The van der Waals surface area contributed by atoms with Gasteiger partial charge in [0.05, 0.1) is 6.42 Å². The summed E-state index contributed by atoms with van der Waals surface area (Å²) in [5.74, 6) is -1.08. The van der Waals surface area contributed by atoms with Crippen molar-refractivity contribution in [2.24, 2.45) is 0 Å². The molecule has 6 nitrogen and oxygen atoms in total. The fraction of sp³-hybridized carbons (Fsp3) is 0.638. The largest absolute Gasteiger partial charge is 0.462 e. The molecule has 0 radical (unpaired) electrons. The van der Waals surface area contributed by atoms with Crippen LogP contribution in [0.25, 0.3) is 0 Å². The minimum absolute atomic E-state index is 0.117. The van der Waals surface area contributed by atoms with Crippen molar-refractivity contribution < 1.29 is 28.6 Å². The Morgan fingerprint density at radius 2 is 0.811 bits per heavy atom. The summed E-state index contributed by atoms with van der Waals surface area (Å²) in [6, 6.07) is 0. The van der Waals surface area contributed by atoms with Crippen LogP contribution in [-0.2, 0) is 28.6 Å². The third-order valence-corrected chi connectivity index (χ3v) is 8.40. The Labute approximate surface area is 325 Å². The average Bonchev–Trinajstić information content (AvgIpc) is 3.15. The molecular formula is C47H76O6. The Bertz CT molecular complexity index is 1080. The van der Waals surface area contributed by atoms with E-state index >= 15 is 0 Å². The van der Waals surface area contributed by atoms with Gasteiger partial charge in [0.25, 0.3) is 0 Å². The molecule has 0 bridgehead atoms. The topological polar surface area (TPSA) is 78.9 Å². The van der Waals surface area contributed by atoms with Gasteiger partial charge in [-0.2, -0.15) is 0 Å². The maximum absolute atomic E-state index is 12.6. The number of rotatable bonds is 36. The van der Waals surface area contributed by atoms with Gasteiger partial charge in [-0.1, -0.05) is 157 Å². The predicted octanol–water partition coefficient (Wildman–Crippen LogP) is 13.3. The Morgan fingerprint density at radius 1 is 0.415 bits per heavy atom. The smallest absolute Gasteiger partial charge is 0.309 e. The molecule has 0 aromatic carbocycles. The molecule has 0 heterocycles. The minimum atomic E-state index is -0.820. The molecule has 0 aliphatic heterocycles. The summed E-state index contributed by atoms with van der Waals surface area (Å²) in [6.07, 6.45) is 51.7. The van der Waals surface area contributed by atoms with Crippen molar-refractivity contribution in [3.05, 3.63) is 85.1 Å². The molecule has 0 aliphatic carbocycles. The lowest BCUT2D eigenvalue weighted by Crippen LogP contribution is -2.30. The normalized spacial score (nSPS) is 12.9. The Morgan fingerprint density at radius 3 is 1.34 bits per heavy atom. The highest BCUT2D eigenvalue weighted by atomic mass is 16.6. The van der Waals surface area contributed by atoms with E-state index in [1.54, 1.807) is 6.08 Å². The fourth-order valence-electron chi connectivity index (χ4n) is 5.26. The van der Waals surface area contributed by atoms with Gasteiger partial charge in [0.1, 0.15) is 13.2 Å². The van der Waals surface area contributed by atoms with E-state index in [1.807, 2.05) is 6.08 Å². The lowest BCUT2D eigenvalue weighted by Gasteiger charge is -2.18. The molecule has 0 aromatic rings. The monoisotopic (exact) mass is 737 g/mol. The number of unbranched alkanes of at least 4 members (excludes halogenated alkanes) is 12. The molecule has 53 heavy (non-hydrogen) atoms. The highest BCUT2D eigenvalue weighted by molar-refractivity contribution is 5.72. The van der Waals surface area contributed by atoms with Crippen molar-refractivity contribution in [2.75, 3.05) is 13.2 Å².